The number of ketones is 2. The van der Waals surface area contributed by atoms with Crippen LogP contribution in [0.3, 0.4) is 0 Å². The zero-order valence-electron chi connectivity index (χ0n) is 19.3. The number of hydrogen-bond donors (Lipinski definition) is 0. The fourth-order valence-corrected chi connectivity index (χ4v) is 3.92. The molecule has 0 aliphatic heterocycles. The van der Waals surface area contributed by atoms with Crippen molar-refractivity contribution in [2.75, 3.05) is 0 Å². The van der Waals surface area contributed by atoms with Crippen LogP contribution in [0.2, 0.25) is 0 Å². The van der Waals surface area contributed by atoms with Gasteiger partial charge in [0, 0.05) is 17.0 Å². The molecule has 2 heteroatoms. The number of allylic oxidation sites excluding steroid dienone is 1. The molecular weight excluding hydrogens is 392 g/mol. The monoisotopic (exact) mass is 424 g/mol. The van der Waals surface area contributed by atoms with Gasteiger partial charge >= 0.3 is 0 Å². The van der Waals surface area contributed by atoms with Gasteiger partial charge in [-0.25, -0.2) is 0 Å². The lowest BCUT2D eigenvalue weighted by Gasteiger charge is -2.19. The quantitative estimate of drug-likeness (QED) is 0.252. The first-order valence-electron chi connectivity index (χ1n) is 11.3. The first-order chi connectivity index (χ1) is 15.3. The molecule has 0 saturated heterocycles. The molecule has 0 aliphatic carbocycles. The Morgan fingerprint density at radius 3 is 2.09 bits per heavy atom. The molecule has 32 heavy (non-hydrogen) atoms. The number of hydrogen-bond acceptors (Lipinski definition) is 2. The van der Waals surface area contributed by atoms with Crippen molar-refractivity contribution >= 4 is 11.6 Å². The van der Waals surface area contributed by atoms with Crippen LogP contribution in [0.1, 0.15) is 55.1 Å². The number of aryl methyl sites for hydroxylation is 1. The second-order valence-electron chi connectivity index (χ2n) is 8.80. The molecule has 0 heterocycles. The van der Waals surface area contributed by atoms with E-state index in [0.717, 1.165) is 36.0 Å². The summed E-state index contributed by atoms with van der Waals surface area (Å²) < 4.78 is 0. The number of carbonyl (C=O) groups excluding carboxylic acids is 2. The molecule has 0 radical (unpaired) electrons. The second kappa shape index (κ2) is 10.9. The minimum Gasteiger partial charge on any atom is -0.300 e. The summed E-state index contributed by atoms with van der Waals surface area (Å²) in [5, 5.41) is 0. The summed E-state index contributed by atoms with van der Waals surface area (Å²) >= 11 is 0. The number of Topliss-reactive ketones (excluding diaryl/α,β-unsaturated/α-hetero) is 1. The predicted molar refractivity (Wildman–Crippen MR) is 133 cm³/mol. The van der Waals surface area contributed by atoms with Gasteiger partial charge in [0.15, 0.2) is 5.78 Å². The predicted octanol–water partition coefficient (Wildman–Crippen LogP) is 7.32. The van der Waals surface area contributed by atoms with Gasteiger partial charge in [-0.05, 0) is 61.8 Å². The molecule has 0 amide bonds. The van der Waals surface area contributed by atoms with Crippen molar-refractivity contribution < 1.29 is 9.59 Å². The zero-order valence-corrected chi connectivity index (χ0v) is 19.3. The molecule has 3 aromatic rings. The topological polar surface area (TPSA) is 34.1 Å². The minimum atomic E-state index is 0.0309. The van der Waals surface area contributed by atoms with Crippen molar-refractivity contribution in [3.63, 3.8) is 0 Å². The van der Waals surface area contributed by atoms with E-state index in [1.807, 2.05) is 61.5 Å². The third kappa shape index (κ3) is 6.13. The Labute approximate surface area is 192 Å². The summed E-state index contributed by atoms with van der Waals surface area (Å²) in [6.07, 6.45) is 2.60. The second-order valence-corrected chi connectivity index (χ2v) is 8.80. The number of carbonyl (C=O) groups is 2. The maximum absolute atomic E-state index is 12.8. The van der Waals surface area contributed by atoms with Gasteiger partial charge in [-0.1, -0.05) is 91.9 Å². The molecule has 0 saturated carbocycles. The van der Waals surface area contributed by atoms with Crippen LogP contribution in [-0.2, 0) is 11.2 Å². The van der Waals surface area contributed by atoms with E-state index >= 15 is 0 Å². The molecule has 0 aromatic heterocycles. The van der Waals surface area contributed by atoms with Crippen molar-refractivity contribution in [3.05, 3.63) is 108 Å². The van der Waals surface area contributed by atoms with Crippen molar-refractivity contribution in [1.29, 1.82) is 0 Å². The molecule has 3 aromatic carbocycles. The van der Waals surface area contributed by atoms with Gasteiger partial charge in [0.05, 0.1) is 0 Å². The van der Waals surface area contributed by atoms with E-state index in [2.05, 4.69) is 37.8 Å². The molecule has 3 rings (SSSR count). The highest BCUT2D eigenvalue weighted by Gasteiger charge is 2.18. The largest absolute Gasteiger partial charge is 0.300 e. The highest BCUT2D eigenvalue weighted by Crippen LogP contribution is 2.25. The van der Waals surface area contributed by atoms with Gasteiger partial charge in [0.1, 0.15) is 5.78 Å². The Bertz CT molecular complexity index is 1080. The minimum absolute atomic E-state index is 0.0309. The van der Waals surface area contributed by atoms with E-state index < -0.39 is 0 Å². The van der Waals surface area contributed by atoms with E-state index in [1.165, 1.54) is 5.56 Å². The molecule has 0 aliphatic rings. The molecule has 0 fully saturated rings. The lowest BCUT2D eigenvalue weighted by molar-refractivity contribution is -0.121. The van der Waals surface area contributed by atoms with E-state index in [-0.39, 0.29) is 17.5 Å². The molecule has 0 spiro atoms. The number of rotatable bonds is 10. The van der Waals surface area contributed by atoms with E-state index in [9.17, 15) is 9.59 Å². The first kappa shape index (κ1) is 23.4. The van der Waals surface area contributed by atoms with Crippen LogP contribution in [0.5, 0.6) is 0 Å². The van der Waals surface area contributed by atoms with Crippen LogP contribution in [0.25, 0.3) is 11.1 Å². The average molecular weight is 425 g/mol. The van der Waals surface area contributed by atoms with Gasteiger partial charge in [-0.2, -0.15) is 0 Å². The van der Waals surface area contributed by atoms with Gasteiger partial charge in [0.25, 0.3) is 0 Å². The van der Waals surface area contributed by atoms with Crippen LogP contribution in [0, 0.1) is 11.8 Å². The van der Waals surface area contributed by atoms with Crippen LogP contribution in [-0.4, -0.2) is 11.6 Å². The van der Waals surface area contributed by atoms with Gasteiger partial charge in [0.2, 0.25) is 0 Å². The normalized spacial score (nSPS) is 12.7. The van der Waals surface area contributed by atoms with Crippen LogP contribution < -0.4 is 0 Å². The molecule has 0 N–H and O–H groups in total. The summed E-state index contributed by atoms with van der Waals surface area (Å²) in [7, 11) is 0. The smallest absolute Gasteiger partial charge is 0.193 e. The van der Waals surface area contributed by atoms with Crippen molar-refractivity contribution in [2.24, 2.45) is 11.8 Å². The Balaban J connectivity index is 1.68. The Morgan fingerprint density at radius 2 is 1.47 bits per heavy atom. The lowest BCUT2D eigenvalue weighted by atomic mass is 9.85. The highest BCUT2D eigenvalue weighted by molar-refractivity contribution is 6.09. The van der Waals surface area contributed by atoms with Crippen LogP contribution >= 0.6 is 0 Å². The number of benzene rings is 3. The Kier molecular flexibility index (Phi) is 7.94. The third-order valence-corrected chi connectivity index (χ3v) is 6.28. The van der Waals surface area contributed by atoms with Gasteiger partial charge < -0.3 is 0 Å². The van der Waals surface area contributed by atoms with Gasteiger partial charge in [-0.3, -0.25) is 9.59 Å². The third-order valence-electron chi connectivity index (χ3n) is 6.28. The molecule has 2 atom stereocenters. The summed E-state index contributed by atoms with van der Waals surface area (Å²) in [6, 6.07) is 25.6. The maximum Gasteiger partial charge on any atom is 0.193 e. The van der Waals surface area contributed by atoms with Gasteiger partial charge in [-0.15, -0.1) is 0 Å². The van der Waals surface area contributed by atoms with Crippen LogP contribution in [0.15, 0.2) is 91.0 Å². The summed E-state index contributed by atoms with van der Waals surface area (Å²) in [5.41, 5.74) is 5.84. The molecule has 164 valence electrons. The Hall–Kier alpha value is -3.26. The standard InChI is InChI=1S/C30H32O2/c1-21(2)22(3)19-27(23(4)31)18-15-24-13-16-25(17-14-24)28-11-8-12-29(20-28)30(32)26-9-6-5-7-10-26/h5-14,16-17,20,22,27H,1,15,18-19H2,2-4H3. The molecule has 2 nitrogen and oxygen atoms in total. The zero-order chi connectivity index (χ0) is 23.1. The van der Waals surface area contributed by atoms with E-state index in [4.69, 9.17) is 0 Å². The fourth-order valence-electron chi connectivity index (χ4n) is 3.92. The Morgan fingerprint density at radius 1 is 0.812 bits per heavy atom. The molecular formula is C30H32O2. The maximum atomic E-state index is 12.8. The van der Waals surface area contributed by atoms with E-state index in [1.54, 1.807) is 6.92 Å². The lowest BCUT2D eigenvalue weighted by Crippen LogP contribution is -2.16. The molecule has 2 unspecified atom stereocenters. The first-order valence-corrected chi connectivity index (χ1v) is 11.3. The summed E-state index contributed by atoms with van der Waals surface area (Å²) in [4.78, 5) is 24.9. The molecule has 0 bridgehead atoms. The summed E-state index contributed by atoms with van der Waals surface area (Å²) in [5.74, 6) is 0.720. The van der Waals surface area contributed by atoms with Crippen molar-refractivity contribution in [1.82, 2.24) is 0 Å². The van der Waals surface area contributed by atoms with Crippen molar-refractivity contribution in [3.8, 4) is 11.1 Å². The fraction of sp³-hybridized carbons (Fsp3) is 0.267. The summed E-state index contributed by atoms with van der Waals surface area (Å²) in [6.45, 7) is 9.90. The average Bonchev–Trinajstić information content (AvgIpc) is 2.81. The van der Waals surface area contributed by atoms with E-state index in [0.29, 0.717) is 17.0 Å². The highest BCUT2D eigenvalue weighted by atomic mass is 16.1. The SMILES string of the molecule is C=C(C)C(C)CC(CCc1ccc(-c2cccc(C(=O)c3ccccc3)c2)cc1)C(C)=O. The van der Waals surface area contributed by atoms with Crippen LogP contribution in [0.4, 0.5) is 0 Å². The van der Waals surface area contributed by atoms with Crippen molar-refractivity contribution in [2.45, 2.75) is 40.0 Å².